The van der Waals surface area contributed by atoms with E-state index in [2.05, 4.69) is 5.32 Å². The Bertz CT molecular complexity index is 234. The highest BCUT2D eigenvalue weighted by Crippen LogP contribution is 1.96. The van der Waals surface area contributed by atoms with E-state index in [1.165, 1.54) is 0 Å². The van der Waals surface area contributed by atoms with Gasteiger partial charge in [0.05, 0.1) is 6.61 Å². The van der Waals surface area contributed by atoms with Crippen LogP contribution >= 0.6 is 0 Å². The van der Waals surface area contributed by atoms with E-state index in [9.17, 15) is 9.59 Å². The van der Waals surface area contributed by atoms with Gasteiger partial charge in [0.2, 0.25) is 0 Å². The zero-order valence-electron chi connectivity index (χ0n) is 10.3. The van der Waals surface area contributed by atoms with Crippen LogP contribution in [0.25, 0.3) is 0 Å². The number of aliphatic carboxylic acids is 1. The average Bonchev–Trinajstić information content (AvgIpc) is 2.29. The van der Waals surface area contributed by atoms with Crippen LogP contribution in [0.1, 0.15) is 32.6 Å². The largest absolute Gasteiger partial charge is 0.481 e. The third-order valence-electron chi connectivity index (χ3n) is 2.28. The van der Waals surface area contributed by atoms with Crippen LogP contribution in [0, 0.1) is 0 Å². The first-order valence-electron chi connectivity index (χ1n) is 5.97. The van der Waals surface area contributed by atoms with Crippen molar-refractivity contribution in [3.05, 3.63) is 0 Å². The quantitative estimate of drug-likeness (QED) is 0.521. The summed E-state index contributed by atoms with van der Waals surface area (Å²) in [5, 5.41) is 19.9. The number of hydrogen-bond acceptors (Lipinski definition) is 3. The Labute approximate surface area is 102 Å². The molecule has 3 N–H and O–H groups in total. The van der Waals surface area contributed by atoms with Gasteiger partial charge in [-0.05, 0) is 12.8 Å². The fraction of sp³-hybridized carbons (Fsp3) is 0.818. The third kappa shape index (κ3) is 8.50. The van der Waals surface area contributed by atoms with Gasteiger partial charge in [-0.3, -0.25) is 4.79 Å². The second-order valence-electron chi connectivity index (χ2n) is 3.79. The molecule has 0 aliphatic carbocycles. The first-order valence-corrected chi connectivity index (χ1v) is 5.97. The molecule has 0 spiro atoms. The number of urea groups is 1. The topological polar surface area (TPSA) is 89.9 Å². The molecule has 6 heteroatoms. The van der Waals surface area contributed by atoms with Gasteiger partial charge in [0.15, 0.2) is 0 Å². The Morgan fingerprint density at radius 1 is 1.24 bits per heavy atom. The number of aliphatic hydroxyl groups excluding tert-OH is 1. The van der Waals surface area contributed by atoms with Crippen molar-refractivity contribution in [2.45, 2.75) is 32.6 Å². The number of amides is 2. The molecule has 17 heavy (non-hydrogen) atoms. The molecule has 0 aromatic carbocycles. The van der Waals surface area contributed by atoms with Crippen molar-refractivity contribution in [1.29, 1.82) is 0 Å². The molecular formula is C11H22N2O4. The molecule has 0 aliphatic rings. The van der Waals surface area contributed by atoms with Crippen molar-refractivity contribution >= 4 is 12.0 Å². The molecule has 0 unspecified atom stereocenters. The molecule has 100 valence electrons. The average molecular weight is 246 g/mol. The second kappa shape index (κ2) is 9.89. The monoisotopic (exact) mass is 246 g/mol. The Hall–Kier alpha value is -1.30. The number of carboxylic acid groups (broad SMARTS) is 1. The van der Waals surface area contributed by atoms with Crippen LogP contribution in [0.15, 0.2) is 0 Å². The van der Waals surface area contributed by atoms with Crippen LogP contribution in [0.4, 0.5) is 4.79 Å². The summed E-state index contributed by atoms with van der Waals surface area (Å²) in [4.78, 5) is 23.5. The van der Waals surface area contributed by atoms with E-state index >= 15 is 0 Å². The van der Waals surface area contributed by atoms with E-state index in [1.54, 1.807) is 4.90 Å². The number of nitrogens with one attached hydrogen (secondary N) is 1. The smallest absolute Gasteiger partial charge is 0.317 e. The van der Waals surface area contributed by atoms with E-state index in [4.69, 9.17) is 10.2 Å². The highest BCUT2D eigenvalue weighted by molar-refractivity contribution is 5.74. The van der Waals surface area contributed by atoms with Crippen molar-refractivity contribution in [2.75, 3.05) is 26.2 Å². The Morgan fingerprint density at radius 3 is 2.47 bits per heavy atom. The zero-order chi connectivity index (χ0) is 13.1. The van der Waals surface area contributed by atoms with Gasteiger partial charge in [-0.15, -0.1) is 0 Å². The summed E-state index contributed by atoms with van der Waals surface area (Å²) in [7, 11) is 0. The SMILES string of the molecule is CCCCN(CCO)C(=O)NCCCC(=O)O. The van der Waals surface area contributed by atoms with Crippen LogP contribution in [0.2, 0.25) is 0 Å². The molecule has 6 nitrogen and oxygen atoms in total. The van der Waals surface area contributed by atoms with E-state index < -0.39 is 5.97 Å². The first kappa shape index (κ1) is 15.7. The second-order valence-corrected chi connectivity index (χ2v) is 3.79. The molecular weight excluding hydrogens is 224 g/mol. The van der Waals surface area contributed by atoms with Crippen LogP contribution < -0.4 is 5.32 Å². The number of nitrogens with zero attached hydrogens (tertiary/aromatic N) is 1. The number of aliphatic hydroxyl groups is 1. The number of rotatable bonds is 9. The van der Waals surface area contributed by atoms with Crippen LogP contribution in [0.3, 0.4) is 0 Å². The minimum atomic E-state index is -0.863. The lowest BCUT2D eigenvalue weighted by atomic mass is 10.3. The highest BCUT2D eigenvalue weighted by Gasteiger charge is 2.11. The van der Waals surface area contributed by atoms with Crippen molar-refractivity contribution in [1.82, 2.24) is 10.2 Å². The lowest BCUT2D eigenvalue weighted by molar-refractivity contribution is -0.137. The predicted molar refractivity (Wildman–Crippen MR) is 63.8 cm³/mol. The number of hydrogen-bond donors (Lipinski definition) is 3. The minimum Gasteiger partial charge on any atom is -0.481 e. The Kier molecular flexibility index (Phi) is 9.14. The Morgan fingerprint density at radius 2 is 1.94 bits per heavy atom. The predicted octanol–water partition coefficient (Wildman–Crippen LogP) is 0.655. The molecule has 0 bridgehead atoms. The summed E-state index contributed by atoms with van der Waals surface area (Å²) >= 11 is 0. The summed E-state index contributed by atoms with van der Waals surface area (Å²) in [6, 6.07) is -0.238. The maximum atomic E-state index is 11.6. The van der Waals surface area contributed by atoms with Gasteiger partial charge in [-0.2, -0.15) is 0 Å². The van der Waals surface area contributed by atoms with Gasteiger partial charge in [0.25, 0.3) is 0 Å². The van der Waals surface area contributed by atoms with E-state index in [-0.39, 0.29) is 19.1 Å². The lowest BCUT2D eigenvalue weighted by Crippen LogP contribution is -2.42. The molecule has 0 saturated heterocycles. The lowest BCUT2D eigenvalue weighted by Gasteiger charge is -2.21. The van der Waals surface area contributed by atoms with Gasteiger partial charge in [-0.1, -0.05) is 13.3 Å². The van der Waals surface area contributed by atoms with Crippen molar-refractivity contribution < 1.29 is 19.8 Å². The molecule has 0 heterocycles. The fourth-order valence-electron chi connectivity index (χ4n) is 1.33. The molecule has 0 fully saturated rings. The summed E-state index contributed by atoms with van der Waals surface area (Å²) in [6.45, 7) is 3.24. The molecule has 0 aliphatic heterocycles. The van der Waals surface area contributed by atoms with Gasteiger partial charge in [0.1, 0.15) is 0 Å². The summed E-state index contributed by atoms with van der Waals surface area (Å²) in [5.74, 6) is -0.863. The van der Waals surface area contributed by atoms with Crippen molar-refractivity contribution in [3.8, 4) is 0 Å². The number of carbonyl (C=O) groups excluding carboxylic acids is 1. The number of carboxylic acids is 1. The van der Waals surface area contributed by atoms with Gasteiger partial charge >= 0.3 is 12.0 Å². The van der Waals surface area contributed by atoms with Crippen LogP contribution in [0.5, 0.6) is 0 Å². The van der Waals surface area contributed by atoms with Crippen molar-refractivity contribution in [3.63, 3.8) is 0 Å². The highest BCUT2D eigenvalue weighted by atomic mass is 16.4. The summed E-state index contributed by atoms with van der Waals surface area (Å²) < 4.78 is 0. The molecule has 0 aromatic rings. The van der Waals surface area contributed by atoms with E-state index in [0.717, 1.165) is 12.8 Å². The van der Waals surface area contributed by atoms with Gasteiger partial charge < -0.3 is 20.4 Å². The van der Waals surface area contributed by atoms with Crippen LogP contribution in [-0.2, 0) is 4.79 Å². The van der Waals surface area contributed by atoms with Crippen molar-refractivity contribution in [2.24, 2.45) is 0 Å². The standard InChI is InChI=1S/C11H22N2O4/c1-2-3-7-13(8-9-14)11(17)12-6-4-5-10(15)16/h14H,2-9H2,1H3,(H,12,17)(H,15,16). The fourth-order valence-corrected chi connectivity index (χ4v) is 1.33. The number of carbonyl (C=O) groups is 2. The minimum absolute atomic E-state index is 0.0508. The first-order chi connectivity index (χ1) is 8.11. The molecule has 0 rings (SSSR count). The molecule has 2 amide bonds. The van der Waals surface area contributed by atoms with E-state index in [1.807, 2.05) is 6.92 Å². The van der Waals surface area contributed by atoms with E-state index in [0.29, 0.717) is 26.1 Å². The molecule has 0 atom stereocenters. The van der Waals surface area contributed by atoms with Gasteiger partial charge in [0, 0.05) is 26.1 Å². The summed E-state index contributed by atoms with van der Waals surface area (Å²) in [6.07, 6.45) is 2.34. The zero-order valence-corrected chi connectivity index (χ0v) is 10.3. The molecule has 0 aromatic heterocycles. The maximum Gasteiger partial charge on any atom is 0.317 e. The molecule has 0 saturated carbocycles. The van der Waals surface area contributed by atoms with Gasteiger partial charge in [-0.25, -0.2) is 4.79 Å². The maximum absolute atomic E-state index is 11.6. The molecule has 0 radical (unpaired) electrons. The third-order valence-corrected chi connectivity index (χ3v) is 2.28. The summed E-state index contributed by atoms with van der Waals surface area (Å²) in [5.41, 5.74) is 0. The normalized spacial score (nSPS) is 10.0. The number of unbranched alkanes of at least 4 members (excludes halogenated alkanes) is 1. The Balaban J connectivity index is 3.83. The van der Waals surface area contributed by atoms with Crippen LogP contribution in [-0.4, -0.2) is 53.4 Å².